The summed E-state index contributed by atoms with van der Waals surface area (Å²) in [4.78, 5) is 22.4. The lowest BCUT2D eigenvalue weighted by Crippen LogP contribution is -2.37. The maximum atomic E-state index is 11.8. The van der Waals surface area contributed by atoms with Gasteiger partial charge in [-0.25, -0.2) is 9.97 Å². The third kappa shape index (κ3) is 5.03. The minimum Gasteiger partial charge on any atom is -0.373 e. The van der Waals surface area contributed by atoms with Crippen LogP contribution in [0.4, 0.5) is 11.6 Å². The lowest BCUT2D eigenvalue weighted by Gasteiger charge is -2.19. The van der Waals surface area contributed by atoms with E-state index in [1.54, 1.807) is 0 Å². The van der Waals surface area contributed by atoms with E-state index in [-0.39, 0.29) is 12.5 Å². The Hall–Kier alpha value is -1.85. The number of carbonyl (C=O) groups is 1. The summed E-state index contributed by atoms with van der Waals surface area (Å²) in [6.07, 6.45) is 0.760. The zero-order chi connectivity index (χ0) is 15.1. The van der Waals surface area contributed by atoms with Crippen LogP contribution in [-0.2, 0) is 11.2 Å². The summed E-state index contributed by atoms with van der Waals surface area (Å²) in [5.41, 5.74) is 0. The van der Waals surface area contributed by atoms with Crippen LogP contribution in [0.5, 0.6) is 0 Å². The smallest absolute Gasteiger partial charge is 0.239 e. The van der Waals surface area contributed by atoms with Crippen molar-refractivity contribution in [3.63, 3.8) is 0 Å². The fourth-order valence-electron chi connectivity index (χ4n) is 1.64. The van der Waals surface area contributed by atoms with E-state index in [2.05, 4.69) is 34.4 Å². The summed E-state index contributed by atoms with van der Waals surface area (Å²) in [5.74, 6) is 2.73. The van der Waals surface area contributed by atoms with Crippen molar-refractivity contribution in [1.82, 2.24) is 15.3 Å². The Balaban J connectivity index is 2.71. The molecule has 0 aromatic carbocycles. The summed E-state index contributed by atoms with van der Waals surface area (Å²) in [6, 6.07) is 1.84. The third-order valence-electron chi connectivity index (χ3n) is 2.81. The molecule has 1 heterocycles. The fraction of sp³-hybridized carbons (Fsp3) is 0.643. The highest BCUT2D eigenvalue weighted by Gasteiger charge is 2.11. The zero-order valence-corrected chi connectivity index (χ0v) is 13.0. The highest BCUT2D eigenvalue weighted by Crippen LogP contribution is 2.14. The van der Waals surface area contributed by atoms with Gasteiger partial charge in [0.15, 0.2) is 0 Å². The van der Waals surface area contributed by atoms with Crippen LogP contribution in [0, 0.1) is 5.92 Å². The molecule has 1 aromatic rings. The number of anilines is 2. The van der Waals surface area contributed by atoms with Crippen molar-refractivity contribution in [3.05, 3.63) is 11.9 Å². The van der Waals surface area contributed by atoms with Crippen LogP contribution in [0.2, 0.25) is 0 Å². The van der Waals surface area contributed by atoms with Crippen LogP contribution < -0.4 is 15.5 Å². The first kappa shape index (κ1) is 16.2. The minimum atomic E-state index is 0.00358. The quantitative estimate of drug-likeness (QED) is 0.787. The van der Waals surface area contributed by atoms with Gasteiger partial charge in [0.2, 0.25) is 5.91 Å². The summed E-state index contributed by atoms with van der Waals surface area (Å²) >= 11 is 0. The Morgan fingerprint density at radius 1 is 1.40 bits per heavy atom. The van der Waals surface area contributed by atoms with Gasteiger partial charge >= 0.3 is 0 Å². The van der Waals surface area contributed by atoms with Crippen LogP contribution >= 0.6 is 0 Å². The first-order chi connectivity index (χ1) is 9.46. The van der Waals surface area contributed by atoms with E-state index in [0.29, 0.717) is 12.5 Å². The summed E-state index contributed by atoms with van der Waals surface area (Å²) in [6.45, 7) is 7.13. The molecule has 0 aliphatic rings. The van der Waals surface area contributed by atoms with Gasteiger partial charge in [-0.05, 0) is 5.92 Å². The van der Waals surface area contributed by atoms with Gasteiger partial charge in [0.25, 0.3) is 0 Å². The second kappa shape index (κ2) is 7.67. The molecule has 0 fully saturated rings. The average molecular weight is 279 g/mol. The number of likely N-dealkylation sites (N-methyl/N-ethyl adjacent to an activating group) is 1. The first-order valence-corrected chi connectivity index (χ1v) is 6.99. The first-order valence-electron chi connectivity index (χ1n) is 6.99. The van der Waals surface area contributed by atoms with E-state index < -0.39 is 0 Å². The van der Waals surface area contributed by atoms with Gasteiger partial charge in [0, 0.05) is 33.1 Å². The zero-order valence-electron chi connectivity index (χ0n) is 13.0. The molecule has 0 bridgehead atoms. The number of aryl methyl sites for hydroxylation is 1. The summed E-state index contributed by atoms with van der Waals surface area (Å²) in [5, 5.41) is 5.91. The van der Waals surface area contributed by atoms with Crippen molar-refractivity contribution >= 4 is 17.5 Å². The third-order valence-corrected chi connectivity index (χ3v) is 2.81. The van der Waals surface area contributed by atoms with E-state index in [1.807, 2.05) is 32.0 Å². The van der Waals surface area contributed by atoms with Crippen molar-refractivity contribution < 1.29 is 4.79 Å². The lowest BCUT2D eigenvalue weighted by atomic mass is 10.2. The number of nitrogens with one attached hydrogen (secondary N) is 2. The second-order valence-corrected chi connectivity index (χ2v) is 5.19. The Morgan fingerprint density at radius 2 is 2.10 bits per heavy atom. The molecule has 20 heavy (non-hydrogen) atoms. The number of carbonyl (C=O) groups excluding carboxylic acids is 1. The molecule has 112 valence electrons. The van der Waals surface area contributed by atoms with Gasteiger partial charge in [-0.2, -0.15) is 0 Å². The maximum absolute atomic E-state index is 11.8. The van der Waals surface area contributed by atoms with Gasteiger partial charge in [-0.3, -0.25) is 4.79 Å². The summed E-state index contributed by atoms with van der Waals surface area (Å²) in [7, 11) is 3.68. The molecule has 0 aliphatic heterocycles. The normalized spacial score (nSPS) is 10.5. The second-order valence-electron chi connectivity index (χ2n) is 5.19. The van der Waals surface area contributed by atoms with Crippen LogP contribution in [0.3, 0.4) is 0 Å². The Kier molecular flexibility index (Phi) is 6.21. The number of hydrogen-bond donors (Lipinski definition) is 2. The molecule has 6 heteroatoms. The standard InChI is InChI=1S/C14H25N5O/c1-6-11-17-12(15-4)7-13(18-11)19(5)9-14(20)16-8-10(2)3/h7,10H,6,8-9H2,1-5H3,(H,16,20)(H,15,17,18). The van der Waals surface area contributed by atoms with E-state index in [0.717, 1.165) is 23.9 Å². The molecule has 2 N–H and O–H groups in total. The Morgan fingerprint density at radius 3 is 2.65 bits per heavy atom. The molecule has 0 radical (unpaired) electrons. The highest BCUT2D eigenvalue weighted by molar-refractivity contribution is 5.81. The van der Waals surface area contributed by atoms with Crippen molar-refractivity contribution in [2.24, 2.45) is 5.92 Å². The summed E-state index contributed by atoms with van der Waals surface area (Å²) < 4.78 is 0. The SMILES string of the molecule is CCc1nc(NC)cc(N(C)CC(=O)NCC(C)C)n1. The molecule has 1 rings (SSSR count). The molecule has 0 aliphatic carbocycles. The van der Waals surface area contributed by atoms with Gasteiger partial charge < -0.3 is 15.5 Å². The highest BCUT2D eigenvalue weighted by atomic mass is 16.2. The number of hydrogen-bond acceptors (Lipinski definition) is 5. The minimum absolute atomic E-state index is 0.00358. The number of amides is 1. The Labute approximate surface area is 121 Å². The maximum Gasteiger partial charge on any atom is 0.239 e. The van der Waals surface area contributed by atoms with Crippen molar-refractivity contribution in [2.45, 2.75) is 27.2 Å². The molecular formula is C14H25N5O. The van der Waals surface area contributed by atoms with Crippen molar-refractivity contribution in [2.75, 3.05) is 37.4 Å². The van der Waals surface area contributed by atoms with E-state index in [9.17, 15) is 4.79 Å². The Bertz CT molecular complexity index is 425. The fourth-order valence-corrected chi connectivity index (χ4v) is 1.64. The van der Waals surface area contributed by atoms with Crippen molar-refractivity contribution in [3.8, 4) is 0 Å². The molecular weight excluding hydrogens is 254 g/mol. The van der Waals surface area contributed by atoms with Gasteiger partial charge in [0.1, 0.15) is 17.5 Å². The van der Waals surface area contributed by atoms with Crippen LogP contribution in [0.15, 0.2) is 6.07 Å². The van der Waals surface area contributed by atoms with E-state index in [4.69, 9.17) is 0 Å². The molecule has 0 unspecified atom stereocenters. The molecule has 1 aromatic heterocycles. The number of nitrogens with zero attached hydrogens (tertiary/aromatic N) is 3. The molecule has 0 saturated carbocycles. The number of rotatable bonds is 7. The molecule has 0 saturated heterocycles. The molecule has 0 spiro atoms. The van der Waals surface area contributed by atoms with E-state index in [1.165, 1.54) is 0 Å². The van der Waals surface area contributed by atoms with Crippen molar-refractivity contribution in [1.29, 1.82) is 0 Å². The van der Waals surface area contributed by atoms with Gasteiger partial charge in [0.05, 0.1) is 6.54 Å². The molecule has 0 atom stereocenters. The predicted molar refractivity (Wildman–Crippen MR) is 82.1 cm³/mol. The number of aromatic nitrogens is 2. The van der Waals surface area contributed by atoms with E-state index >= 15 is 0 Å². The van der Waals surface area contributed by atoms with Crippen LogP contribution in [-0.4, -0.2) is 43.1 Å². The van der Waals surface area contributed by atoms with Gasteiger partial charge in [-0.15, -0.1) is 0 Å². The molecule has 6 nitrogen and oxygen atoms in total. The topological polar surface area (TPSA) is 70.2 Å². The van der Waals surface area contributed by atoms with Gasteiger partial charge in [-0.1, -0.05) is 20.8 Å². The lowest BCUT2D eigenvalue weighted by molar-refractivity contribution is -0.119. The average Bonchev–Trinajstić information content (AvgIpc) is 2.44. The molecule has 1 amide bonds. The monoisotopic (exact) mass is 279 g/mol. The van der Waals surface area contributed by atoms with Crippen LogP contribution in [0.25, 0.3) is 0 Å². The predicted octanol–water partition coefficient (Wildman–Crippen LogP) is 1.29. The van der Waals surface area contributed by atoms with Crippen LogP contribution in [0.1, 0.15) is 26.6 Å². The largest absolute Gasteiger partial charge is 0.373 e.